The van der Waals surface area contributed by atoms with Crippen LogP contribution in [-0.2, 0) is 9.09 Å². The van der Waals surface area contributed by atoms with Crippen molar-refractivity contribution in [2.45, 2.75) is 20.8 Å². The van der Waals surface area contributed by atoms with E-state index in [0.717, 1.165) is 16.7 Å². The second-order valence-corrected chi connectivity index (χ2v) is 3.56. The van der Waals surface area contributed by atoms with Crippen molar-refractivity contribution >= 4 is 14.7 Å². The molecular weight excluding hydrogens is 199 g/mol. The van der Waals surface area contributed by atoms with Crippen LogP contribution in [0.25, 0.3) is 0 Å². The summed E-state index contributed by atoms with van der Waals surface area (Å²) < 4.78 is 14.5. The second-order valence-electron chi connectivity index (χ2n) is 3.23. The molecule has 0 amide bonds. The number of rotatable bonds is 2. The summed E-state index contributed by atoms with van der Waals surface area (Å²) in [5, 5.41) is 0. The molecule has 0 N–H and O–H groups in total. The lowest BCUT2D eigenvalue weighted by Crippen LogP contribution is -2.04. The van der Waals surface area contributed by atoms with Gasteiger partial charge in [-0.05, 0) is 31.9 Å². The molecule has 0 spiro atoms. The van der Waals surface area contributed by atoms with Crippen LogP contribution in [0, 0.1) is 20.8 Å². The van der Waals surface area contributed by atoms with Gasteiger partial charge in [-0.1, -0.05) is 17.7 Å². The van der Waals surface area contributed by atoms with E-state index in [4.69, 9.17) is 0 Å². The molecule has 0 saturated carbocycles. The van der Waals surface area contributed by atoms with E-state index in [1.54, 1.807) is 0 Å². The lowest BCUT2D eigenvalue weighted by atomic mass is 10.0. The standard InChI is InChI=1S/C10H11O3P/c1-6-4-7(2)9(8(3)5-6)10(11)13-14-12/h4-5H,1-3H3. The van der Waals surface area contributed by atoms with Crippen LogP contribution in [0.3, 0.4) is 0 Å². The van der Waals surface area contributed by atoms with Gasteiger partial charge in [0.1, 0.15) is 0 Å². The molecule has 4 heteroatoms. The molecule has 0 aliphatic heterocycles. The quantitative estimate of drug-likeness (QED) is 0.705. The third kappa shape index (κ3) is 2.18. The Hall–Kier alpha value is -1.21. The van der Waals surface area contributed by atoms with Crippen LogP contribution in [0.4, 0.5) is 0 Å². The first-order valence-electron chi connectivity index (χ1n) is 4.18. The van der Waals surface area contributed by atoms with Crippen LogP contribution >= 0.6 is 8.69 Å². The number of hydrogen-bond acceptors (Lipinski definition) is 3. The molecule has 0 saturated heterocycles. The zero-order valence-electron chi connectivity index (χ0n) is 8.33. The van der Waals surface area contributed by atoms with Gasteiger partial charge in [0, 0.05) is 0 Å². The SMILES string of the molecule is Cc1cc(C)c(C(=O)OP=O)c(C)c1. The summed E-state index contributed by atoms with van der Waals surface area (Å²) in [6.07, 6.45) is 0. The van der Waals surface area contributed by atoms with E-state index in [-0.39, 0.29) is 0 Å². The Kier molecular flexibility index (Phi) is 3.37. The molecular formula is C10H11O3P. The monoisotopic (exact) mass is 210 g/mol. The van der Waals surface area contributed by atoms with Crippen molar-refractivity contribution in [1.82, 2.24) is 0 Å². The van der Waals surface area contributed by atoms with Gasteiger partial charge in [-0.25, -0.2) is 9.36 Å². The number of carbonyl (C=O) groups excluding carboxylic acids is 1. The zero-order chi connectivity index (χ0) is 10.7. The molecule has 3 nitrogen and oxygen atoms in total. The third-order valence-electron chi connectivity index (χ3n) is 2.00. The van der Waals surface area contributed by atoms with Crippen molar-refractivity contribution in [3.05, 3.63) is 34.4 Å². The first-order valence-corrected chi connectivity index (χ1v) is 4.91. The van der Waals surface area contributed by atoms with Gasteiger partial charge >= 0.3 is 14.7 Å². The van der Waals surface area contributed by atoms with E-state index in [0.29, 0.717) is 5.56 Å². The molecule has 0 aliphatic rings. The smallest absolute Gasteiger partial charge is 0.369 e. The van der Waals surface area contributed by atoms with Gasteiger partial charge in [0.05, 0.1) is 5.56 Å². The van der Waals surface area contributed by atoms with E-state index in [1.165, 1.54) is 0 Å². The summed E-state index contributed by atoms with van der Waals surface area (Å²) >= 11 is 0. The van der Waals surface area contributed by atoms with Gasteiger partial charge in [0.15, 0.2) is 0 Å². The fourth-order valence-corrected chi connectivity index (χ4v) is 1.74. The zero-order valence-corrected chi connectivity index (χ0v) is 9.22. The summed E-state index contributed by atoms with van der Waals surface area (Å²) in [5.41, 5.74) is 3.28. The minimum Gasteiger partial charge on any atom is -0.369 e. The molecule has 0 atom stereocenters. The first kappa shape index (κ1) is 10.9. The second kappa shape index (κ2) is 4.34. The van der Waals surface area contributed by atoms with Gasteiger partial charge in [-0.3, -0.25) is 0 Å². The van der Waals surface area contributed by atoms with E-state index in [1.807, 2.05) is 32.9 Å². The number of carbonyl (C=O) groups is 1. The molecule has 74 valence electrons. The normalized spacial score (nSPS) is 10.2. The summed E-state index contributed by atoms with van der Waals surface area (Å²) in [6, 6.07) is 3.79. The number of aryl methyl sites for hydroxylation is 3. The Morgan fingerprint density at radius 1 is 1.21 bits per heavy atom. The van der Waals surface area contributed by atoms with Crippen LogP contribution in [0.5, 0.6) is 0 Å². The summed E-state index contributed by atoms with van der Waals surface area (Å²) in [4.78, 5) is 11.4. The Balaban J connectivity index is 3.20. The van der Waals surface area contributed by atoms with E-state index < -0.39 is 14.7 Å². The first-order chi connectivity index (χ1) is 6.56. The maximum Gasteiger partial charge on any atom is 0.398 e. The average Bonchev–Trinajstić information content (AvgIpc) is 2.01. The van der Waals surface area contributed by atoms with Crippen molar-refractivity contribution in [3.8, 4) is 0 Å². The summed E-state index contributed by atoms with van der Waals surface area (Å²) in [7, 11) is -0.610. The van der Waals surface area contributed by atoms with Crippen LogP contribution in [0.15, 0.2) is 12.1 Å². The van der Waals surface area contributed by atoms with Crippen molar-refractivity contribution in [3.63, 3.8) is 0 Å². The maximum atomic E-state index is 11.4. The highest BCUT2D eigenvalue weighted by Gasteiger charge is 2.14. The average molecular weight is 210 g/mol. The minimum atomic E-state index is -0.610. The minimum absolute atomic E-state index is 0.499. The maximum absolute atomic E-state index is 11.4. The summed E-state index contributed by atoms with van der Waals surface area (Å²) in [6.45, 7) is 5.62. The highest BCUT2D eigenvalue weighted by atomic mass is 31.1. The van der Waals surface area contributed by atoms with Crippen LogP contribution in [0.1, 0.15) is 27.0 Å². The van der Waals surface area contributed by atoms with Crippen molar-refractivity contribution < 1.29 is 13.9 Å². The lowest BCUT2D eigenvalue weighted by Gasteiger charge is -2.07. The number of hydrogen-bond donors (Lipinski definition) is 0. The lowest BCUT2D eigenvalue weighted by molar-refractivity contribution is 0.0754. The van der Waals surface area contributed by atoms with Crippen LogP contribution < -0.4 is 0 Å². The van der Waals surface area contributed by atoms with E-state index in [9.17, 15) is 9.36 Å². The largest absolute Gasteiger partial charge is 0.398 e. The van der Waals surface area contributed by atoms with Gasteiger partial charge in [0.2, 0.25) is 0 Å². The van der Waals surface area contributed by atoms with Crippen molar-refractivity contribution in [2.75, 3.05) is 0 Å². The molecule has 14 heavy (non-hydrogen) atoms. The Morgan fingerprint density at radius 3 is 2.14 bits per heavy atom. The predicted molar refractivity (Wildman–Crippen MR) is 53.7 cm³/mol. The number of benzene rings is 1. The molecule has 1 aromatic carbocycles. The molecule has 0 fully saturated rings. The Morgan fingerprint density at radius 2 is 1.71 bits per heavy atom. The highest BCUT2D eigenvalue weighted by molar-refractivity contribution is 7.18. The van der Waals surface area contributed by atoms with E-state index in [2.05, 4.69) is 4.52 Å². The topological polar surface area (TPSA) is 43.4 Å². The fourth-order valence-electron chi connectivity index (χ4n) is 1.58. The Labute approximate surface area is 84.4 Å². The van der Waals surface area contributed by atoms with E-state index >= 15 is 0 Å². The van der Waals surface area contributed by atoms with Gasteiger partial charge in [-0.15, -0.1) is 0 Å². The molecule has 1 aromatic rings. The van der Waals surface area contributed by atoms with Gasteiger partial charge in [0.25, 0.3) is 0 Å². The molecule has 0 bridgehead atoms. The predicted octanol–water partition coefficient (Wildman–Crippen LogP) is 2.98. The van der Waals surface area contributed by atoms with Crippen molar-refractivity contribution in [1.29, 1.82) is 0 Å². The molecule has 0 heterocycles. The molecule has 1 rings (SSSR count). The fraction of sp³-hybridized carbons (Fsp3) is 0.300. The molecule has 0 aliphatic carbocycles. The molecule has 0 radical (unpaired) electrons. The van der Waals surface area contributed by atoms with Crippen LogP contribution in [0.2, 0.25) is 0 Å². The van der Waals surface area contributed by atoms with Gasteiger partial charge < -0.3 is 4.52 Å². The summed E-state index contributed by atoms with van der Waals surface area (Å²) in [5.74, 6) is -0.545. The van der Waals surface area contributed by atoms with Crippen molar-refractivity contribution in [2.24, 2.45) is 0 Å². The highest BCUT2D eigenvalue weighted by Crippen LogP contribution is 2.18. The van der Waals surface area contributed by atoms with Gasteiger partial charge in [-0.2, -0.15) is 0 Å². The molecule has 0 unspecified atom stereocenters. The van der Waals surface area contributed by atoms with Crippen LogP contribution in [-0.4, -0.2) is 5.97 Å². The Bertz CT molecular complexity index is 362. The third-order valence-corrected chi connectivity index (χ3v) is 2.24. The molecule has 0 aromatic heterocycles.